The highest BCUT2D eigenvalue weighted by Gasteiger charge is 2.23. The molecule has 0 spiro atoms. The summed E-state index contributed by atoms with van der Waals surface area (Å²) in [6.45, 7) is 7.42. The van der Waals surface area contributed by atoms with Gasteiger partial charge in [0.25, 0.3) is 5.91 Å². The quantitative estimate of drug-likeness (QED) is 0.419. The maximum atomic E-state index is 13.2. The number of benzene rings is 3. The molecule has 1 aromatic heterocycles. The van der Waals surface area contributed by atoms with E-state index >= 15 is 0 Å². The molecule has 0 atom stereocenters. The van der Waals surface area contributed by atoms with Gasteiger partial charge in [-0.15, -0.1) is 0 Å². The lowest BCUT2D eigenvalue weighted by atomic mass is 10.1. The standard InChI is InChI=1S/C29H30N4O3/c1-20-8-9-21(2)26(18-20)31-14-16-32(17-15-31)27(34)23-12-10-22(11-13-23)19-33-25-7-5-4-6-24(25)30(3)28(35)29(33)36/h4-13,18H,14-17,19H2,1-3H3. The zero-order valence-corrected chi connectivity index (χ0v) is 20.9. The number of carbonyl (C=O) groups excluding carboxylic acids is 1. The minimum Gasteiger partial charge on any atom is -0.368 e. The van der Waals surface area contributed by atoms with Gasteiger partial charge in [0.1, 0.15) is 0 Å². The van der Waals surface area contributed by atoms with Crippen molar-refractivity contribution in [1.29, 1.82) is 0 Å². The largest absolute Gasteiger partial charge is 0.368 e. The Morgan fingerprint density at radius 1 is 0.806 bits per heavy atom. The third-order valence-electron chi connectivity index (χ3n) is 7.08. The average Bonchev–Trinajstić information content (AvgIpc) is 2.91. The normalized spacial score (nSPS) is 13.9. The van der Waals surface area contributed by atoms with Crippen molar-refractivity contribution in [1.82, 2.24) is 14.0 Å². The predicted octanol–water partition coefficient (Wildman–Crippen LogP) is 3.33. The first kappa shape index (κ1) is 23.6. The van der Waals surface area contributed by atoms with Gasteiger partial charge in [-0.05, 0) is 60.9 Å². The summed E-state index contributed by atoms with van der Waals surface area (Å²) in [6, 6.07) is 21.2. The molecule has 7 heteroatoms. The van der Waals surface area contributed by atoms with Crippen LogP contribution in [0.2, 0.25) is 0 Å². The highest BCUT2D eigenvalue weighted by Crippen LogP contribution is 2.23. The van der Waals surface area contributed by atoms with Gasteiger partial charge < -0.3 is 14.4 Å². The third kappa shape index (κ3) is 4.33. The molecule has 2 heterocycles. The number of carbonyl (C=O) groups is 1. The molecule has 0 saturated carbocycles. The molecule has 0 bridgehead atoms. The summed E-state index contributed by atoms with van der Waals surface area (Å²) < 4.78 is 2.89. The van der Waals surface area contributed by atoms with E-state index in [1.54, 1.807) is 7.05 Å². The first-order chi connectivity index (χ1) is 17.3. The Bertz CT molecular complexity index is 1560. The Hall–Kier alpha value is -4.13. The molecule has 1 aliphatic rings. The van der Waals surface area contributed by atoms with Gasteiger partial charge in [-0.1, -0.05) is 36.4 Å². The SMILES string of the molecule is Cc1ccc(C)c(N2CCN(C(=O)c3ccc(Cn4c(=O)c(=O)n(C)c5ccccc54)cc3)CC2)c1. The van der Waals surface area contributed by atoms with Gasteiger partial charge in [-0.2, -0.15) is 0 Å². The minimum absolute atomic E-state index is 0.0124. The van der Waals surface area contributed by atoms with Gasteiger partial charge in [0.05, 0.1) is 17.6 Å². The van der Waals surface area contributed by atoms with Crippen LogP contribution < -0.4 is 16.0 Å². The van der Waals surface area contributed by atoms with Gasteiger partial charge in [0.15, 0.2) is 0 Å². The van der Waals surface area contributed by atoms with Crippen molar-refractivity contribution in [3.8, 4) is 0 Å². The number of hydrogen-bond donors (Lipinski definition) is 0. The van der Waals surface area contributed by atoms with Crippen LogP contribution in [0.15, 0.2) is 76.3 Å². The highest BCUT2D eigenvalue weighted by atomic mass is 16.2. The van der Waals surface area contributed by atoms with Crippen LogP contribution in [0.3, 0.4) is 0 Å². The molecule has 0 N–H and O–H groups in total. The summed E-state index contributed by atoms with van der Waals surface area (Å²) in [4.78, 5) is 42.6. The number of piperazine rings is 1. The molecular formula is C29H30N4O3. The molecule has 5 rings (SSSR count). The maximum Gasteiger partial charge on any atom is 0.317 e. The maximum absolute atomic E-state index is 13.2. The summed E-state index contributed by atoms with van der Waals surface area (Å²) >= 11 is 0. The molecule has 36 heavy (non-hydrogen) atoms. The van der Waals surface area contributed by atoms with Crippen LogP contribution in [-0.2, 0) is 13.6 Å². The van der Waals surface area contributed by atoms with Gasteiger partial charge in [0.2, 0.25) is 0 Å². The fourth-order valence-corrected chi connectivity index (χ4v) is 4.94. The topological polar surface area (TPSA) is 67.5 Å². The highest BCUT2D eigenvalue weighted by molar-refractivity contribution is 5.94. The van der Waals surface area contributed by atoms with Crippen molar-refractivity contribution < 1.29 is 4.79 Å². The fraction of sp³-hybridized carbons (Fsp3) is 0.276. The molecule has 0 aliphatic carbocycles. The van der Waals surface area contributed by atoms with Crippen LogP contribution in [-0.4, -0.2) is 46.1 Å². The van der Waals surface area contributed by atoms with Crippen LogP contribution in [0.1, 0.15) is 27.0 Å². The first-order valence-electron chi connectivity index (χ1n) is 12.2. The van der Waals surface area contributed by atoms with Crippen molar-refractivity contribution in [2.75, 3.05) is 31.1 Å². The summed E-state index contributed by atoms with van der Waals surface area (Å²) in [5.74, 6) is 0.0124. The number of aromatic nitrogens is 2. The summed E-state index contributed by atoms with van der Waals surface area (Å²) in [7, 11) is 1.61. The van der Waals surface area contributed by atoms with Crippen LogP contribution in [0.5, 0.6) is 0 Å². The second kappa shape index (κ2) is 9.49. The van der Waals surface area contributed by atoms with E-state index in [-0.39, 0.29) is 12.5 Å². The number of amides is 1. The Kier molecular flexibility index (Phi) is 6.22. The molecule has 1 saturated heterocycles. The van der Waals surface area contributed by atoms with E-state index in [1.807, 2.05) is 53.4 Å². The lowest BCUT2D eigenvalue weighted by Gasteiger charge is -2.37. The lowest BCUT2D eigenvalue weighted by molar-refractivity contribution is 0.0746. The molecule has 1 aliphatic heterocycles. The summed E-state index contributed by atoms with van der Waals surface area (Å²) in [6.07, 6.45) is 0. The van der Waals surface area contributed by atoms with Crippen LogP contribution in [0, 0.1) is 13.8 Å². The summed E-state index contributed by atoms with van der Waals surface area (Å²) in [5.41, 5.74) is 5.50. The average molecular weight is 483 g/mol. The number of hydrogen-bond acceptors (Lipinski definition) is 4. The van der Waals surface area contributed by atoms with Crippen molar-refractivity contribution in [2.24, 2.45) is 7.05 Å². The molecule has 1 amide bonds. The second-order valence-electron chi connectivity index (χ2n) is 9.51. The Labute approximate surface area is 209 Å². The van der Waals surface area contributed by atoms with Crippen molar-refractivity contribution >= 4 is 22.6 Å². The molecule has 0 unspecified atom stereocenters. The zero-order chi connectivity index (χ0) is 25.4. The van der Waals surface area contributed by atoms with Crippen molar-refractivity contribution in [2.45, 2.75) is 20.4 Å². The lowest BCUT2D eigenvalue weighted by Crippen LogP contribution is -2.49. The third-order valence-corrected chi connectivity index (χ3v) is 7.08. The fourth-order valence-electron chi connectivity index (χ4n) is 4.94. The van der Waals surface area contributed by atoms with Crippen molar-refractivity contribution in [3.63, 3.8) is 0 Å². The minimum atomic E-state index is -0.557. The van der Waals surface area contributed by atoms with Crippen LogP contribution in [0.4, 0.5) is 5.69 Å². The van der Waals surface area contributed by atoms with Gasteiger partial charge in [-0.3, -0.25) is 19.0 Å². The van der Waals surface area contributed by atoms with E-state index in [0.717, 1.165) is 18.7 Å². The molecule has 0 radical (unpaired) electrons. The first-order valence-corrected chi connectivity index (χ1v) is 12.2. The van der Waals surface area contributed by atoms with Gasteiger partial charge in [0, 0.05) is 44.5 Å². The van der Waals surface area contributed by atoms with Crippen molar-refractivity contribution in [3.05, 3.63) is 110 Å². The smallest absolute Gasteiger partial charge is 0.317 e. The van der Waals surface area contributed by atoms with E-state index in [4.69, 9.17) is 0 Å². The summed E-state index contributed by atoms with van der Waals surface area (Å²) in [5, 5.41) is 0. The molecule has 7 nitrogen and oxygen atoms in total. The second-order valence-corrected chi connectivity index (χ2v) is 9.51. The zero-order valence-electron chi connectivity index (χ0n) is 20.9. The number of rotatable bonds is 4. The van der Waals surface area contributed by atoms with E-state index in [2.05, 4.69) is 36.9 Å². The molecule has 3 aromatic carbocycles. The molecular weight excluding hydrogens is 452 g/mol. The van der Waals surface area contributed by atoms with Gasteiger partial charge in [-0.25, -0.2) is 0 Å². The predicted molar refractivity (Wildman–Crippen MR) is 143 cm³/mol. The molecule has 1 fully saturated rings. The number of fused-ring (bicyclic) bond motifs is 1. The number of nitrogens with zero attached hydrogens (tertiary/aromatic N) is 4. The van der Waals surface area contributed by atoms with Crippen LogP contribution in [0.25, 0.3) is 11.0 Å². The van der Waals surface area contributed by atoms with Gasteiger partial charge >= 0.3 is 11.1 Å². The monoisotopic (exact) mass is 482 g/mol. The van der Waals surface area contributed by atoms with E-state index in [9.17, 15) is 14.4 Å². The van der Waals surface area contributed by atoms with E-state index in [1.165, 1.54) is 25.9 Å². The number of anilines is 1. The molecule has 4 aromatic rings. The van der Waals surface area contributed by atoms with E-state index < -0.39 is 11.1 Å². The Balaban J connectivity index is 1.30. The number of aryl methyl sites for hydroxylation is 3. The molecule has 184 valence electrons. The Morgan fingerprint density at radius 2 is 1.47 bits per heavy atom. The van der Waals surface area contributed by atoms with Crippen LogP contribution >= 0.6 is 0 Å². The number of para-hydroxylation sites is 2. The Morgan fingerprint density at radius 3 is 2.17 bits per heavy atom. The van der Waals surface area contributed by atoms with E-state index in [0.29, 0.717) is 29.7 Å².